The molecular formula is C17H31N3. The van der Waals surface area contributed by atoms with Crippen LogP contribution in [0, 0.1) is 17.2 Å². The van der Waals surface area contributed by atoms with Gasteiger partial charge < -0.3 is 4.90 Å². The van der Waals surface area contributed by atoms with Crippen molar-refractivity contribution in [2.24, 2.45) is 5.92 Å². The number of likely N-dealkylation sites (tertiary alicyclic amines) is 1. The third kappa shape index (κ3) is 3.96. The Kier molecular flexibility index (Phi) is 5.46. The van der Waals surface area contributed by atoms with Crippen LogP contribution in [0.2, 0.25) is 0 Å². The van der Waals surface area contributed by atoms with Crippen LogP contribution in [-0.2, 0) is 0 Å². The van der Waals surface area contributed by atoms with Crippen molar-refractivity contribution in [3.63, 3.8) is 0 Å². The molecule has 3 heteroatoms. The predicted octanol–water partition coefficient (Wildman–Crippen LogP) is 3.31. The number of nitrogens with one attached hydrogen (secondary N) is 1. The van der Waals surface area contributed by atoms with Crippen LogP contribution in [0.4, 0.5) is 0 Å². The minimum atomic E-state index is -0.362. The van der Waals surface area contributed by atoms with Gasteiger partial charge in [0.05, 0.1) is 6.07 Å². The molecular weight excluding hydrogens is 246 g/mol. The summed E-state index contributed by atoms with van der Waals surface area (Å²) in [6.07, 6.45) is 9.20. The SMILES string of the molecule is CC(C)NC(C)(C#N)CCCN1CCCC2CCCC21. The van der Waals surface area contributed by atoms with Crippen molar-refractivity contribution < 1.29 is 0 Å². The minimum absolute atomic E-state index is 0.362. The first-order valence-electron chi connectivity index (χ1n) is 8.47. The molecule has 0 aromatic heterocycles. The summed E-state index contributed by atoms with van der Waals surface area (Å²) in [7, 11) is 0. The summed E-state index contributed by atoms with van der Waals surface area (Å²) < 4.78 is 0. The van der Waals surface area contributed by atoms with Crippen molar-refractivity contribution in [1.82, 2.24) is 10.2 Å². The second-order valence-corrected chi connectivity index (χ2v) is 7.28. The number of rotatable bonds is 6. The van der Waals surface area contributed by atoms with Gasteiger partial charge in [-0.1, -0.05) is 6.42 Å². The molecule has 1 saturated carbocycles. The van der Waals surface area contributed by atoms with E-state index in [4.69, 9.17) is 0 Å². The average molecular weight is 277 g/mol. The van der Waals surface area contributed by atoms with E-state index in [0.29, 0.717) is 6.04 Å². The van der Waals surface area contributed by atoms with Crippen molar-refractivity contribution in [1.29, 1.82) is 5.26 Å². The molecule has 1 aliphatic heterocycles. The van der Waals surface area contributed by atoms with Crippen LogP contribution in [0.1, 0.15) is 65.7 Å². The van der Waals surface area contributed by atoms with E-state index in [1.54, 1.807) is 0 Å². The van der Waals surface area contributed by atoms with Gasteiger partial charge in [0.25, 0.3) is 0 Å². The Balaban J connectivity index is 1.78. The van der Waals surface area contributed by atoms with Gasteiger partial charge in [-0.3, -0.25) is 5.32 Å². The van der Waals surface area contributed by atoms with E-state index < -0.39 is 0 Å². The van der Waals surface area contributed by atoms with Crippen molar-refractivity contribution >= 4 is 0 Å². The third-order valence-electron chi connectivity index (χ3n) is 5.08. The maximum Gasteiger partial charge on any atom is 0.104 e. The van der Waals surface area contributed by atoms with Crippen molar-refractivity contribution in [3.8, 4) is 6.07 Å². The summed E-state index contributed by atoms with van der Waals surface area (Å²) >= 11 is 0. The molecule has 2 rings (SSSR count). The van der Waals surface area contributed by atoms with Gasteiger partial charge in [0.1, 0.15) is 5.54 Å². The topological polar surface area (TPSA) is 39.1 Å². The van der Waals surface area contributed by atoms with Crippen LogP contribution in [-0.4, -0.2) is 35.6 Å². The molecule has 0 bridgehead atoms. The predicted molar refractivity (Wildman–Crippen MR) is 83.5 cm³/mol. The molecule has 0 aromatic carbocycles. The molecule has 1 N–H and O–H groups in total. The van der Waals surface area contributed by atoms with E-state index in [2.05, 4.69) is 30.1 Å². The average Bonchev–Trinajstić information content (AvgIpc) is 2.87. The van der Waals surface area contributed by atoms with Gasteiger partial charge >= 0.3 is 0 Å². The molecule has 0 aromatic rings. The van der Waals surface area contributed by atoms with Gasteiger partial charge in [-0.25, -0.2) is 0 Å². The number of nitrogens with zero attached hydrogens (tertiary/aromatic N) is 2. The normalized spacial score (nSPS) is 29.9. The first-order valence-corrected chi connectivity index (χ1v) is 8.47. The van der Waals surface area contributed by atoms with Crippen LogP contribution in [0.25, 0.3) is 0 Å². The Morgan fingerprint density at radius 3 is 2.75 bits per heavy atom. The number of nitriles is 1. The Labute approximate surface area is 124 Å². The smallest absolute Gasteiger partial charge is 0.104 e. The Morgan fingerprint density at radius 2 is 2.05 bits per heavy atom. The molecule has 114 valence electrons. The lowest BCUT2D eigenvalue weighted by molar-refractivity contribution is 0.109. The zero-order valence-electron chi connectivity index (χ0n) is 13.5. The zero-order chi connectivity index (χ0) is 14.6. The molecule has 3 atom stereocenters. The summed E-state index contributed by atoms with van der Waals surface area (Å²) in [6.45, 7) is 8.73. The second-order valence-electron chi connectivity index (χ2n) is 7.28. The van der Waals surface area contributed by atoms with Gasteiger partial charge in [0.15, 0.2) is 0 Å². The highest BCUT2D eigenvalue weighted by Crippen LogP contribution is 2.36. The van der Waals surface area contributed by atoms with Gasteiger partial charge in [0.2, 0.25) is 0 Å². The third-order valence-corrected chi connectivity index (χ3v) is 5.08. The molecule has 1 saturated heterocycles. The molecule has 1 heterocycles. The highest BCUT2D eigenvalue weighted by Gasteiger charge is 2.34. The van der Waals surface area contributed by atoms with E-state index in [1.165, 1.54) is 45.2 Å². The van der Waals surface area contributed by atoms with Gasteiger partial charge in [0, 0.05) is 12.1 Å². The maximum absolute atomic E-state index is 9.40. The molecule has 2 aliphatic rings. The largest absolute Gasteiger partial charge is 0.300 e. The molecule has 2 fully saturated rings. The summed E-state index contributed by atoms with van der Waals surface area (Å²) in [6, 6.07) is 3.69. The van der Waals surface area contributed by atoms with Gasteiger partial charge in [-0.2, -0.15) is 5.26 Å². The fourth-order valence-corrected chi connectivity index (χ4v) is 4.27. The van der Waals surface area contributed by atoms with E-state index in [0.717, 1.165) is 24.8 Å². The van der Waals surface area contributed by atoms with E-state index in [1.807, 2.05) is 6.92 Å². The molecule has 3 nitrogen and oxygen atoms in total. The second kappa shape index (κ2) is 6.91. The monoisotopic (exact) mass is 277 g/mol. The highest BCUT2D eigenvalue weighted by atomic mass is 15.2. The first kappa shape index (κ1) is 15.8. The lowest BCUT2D eigenvalue weighted by Gasteiger charge is -2.38. The lowest BCUT2D eigenvalue weighted by Crippen LogP contribution is -2.46. The van der Waals surface area contributed by atoms with Crippen molar-refractivity contribution in [2.45, 2.75) is 83.3 Å². The van der Waals surface area contributed by atoms with E-state index in [-0.39, 0.29) is 5.54 Å². The Morgan fingerprint density at radius 1 is 1.30 bits per heavy atom. The molecule has 0 amide bonds. The van der Waals surface area contributed by atoms with E-state index >= 15 is 0 Å². The van der Waals surface area contributed by atoms with Gasteiger partial charge in [-0.05, 0) is 78.3 Å². The number of hydrogen-bond acceptors (Lipinski definition) is 3. The van der Waals surface area contributed by atoms with Crippen LogP contribution < -0.4 is 5.32 Å². The molecule has 3 unspecified atom stereocenters. The molecule has 0 radical (unpaired) electrons. The van der Waals surface area contributed by atoms with E-state index in [9.17, 15) is 5.26 Å². The van der Waals surface area contributed by atoms with Crippen molar-refractivity contribution in [3.05, 3.63) is 0 Å². The summed E-state index contributed by atoms with van der Waals surface area (Å²) in [5, 5.41) is 12.8. The van der Waals surface area contributed by atoms with Gasteiger partial charge in [-0.15, -0.1) is 0 Å². The standard InChI is InChI=1S/C17H31N3/c1-14(2)19-17(3,13-18)10-6-12-20-11-5-8-15-7-4-9-16(15)20/h14-16,19H,4-12H2,1-3H3. The summed E-state index contributed by atoms with van der Waals surface area (Å²) in [4.78, 5) is 2.72. The van der Waals surface area contributed by atoms with Crippen molar-refractivity contribution in [2.75, 3.05) is 13.1 Å². The lowest BCUT2D eigenvalue weighted by atomic mass is 9.91. The molecule has 0 spiro atoms. The molecule has 1 aliphatic carbocycles. The number of fused-ring (bicyclic) bond motifs is 1. The quantitative estimate of drug-likeness (QED) is 0.809. The number of piperidine rings is 1. The number of hydrogen-bond donors (Lipinski definition) is 1. The minimum Gasteiger partial charge on any atom is -0.300 e. The Bertz CT molecular complexity index is 347. The fraction of sp³-hybridized carbons (Fsp3) is 0.941. The summed E-state index contributed by atoms with van der Waals surface area (Å²) in [5.41, 5.74) is -0.362. The van der Waals surface area contributed by atoms with Crippen LogP contribution >= 0.6 is 0 Å². The fourth-order valence-electron chi connectivity index (χ4n) is 4.27. The zero-order valence-corrected chi connectivity index (χ0v) is 13.5. The van der Waals surface area contributed by atoms with Crippen LogP contribution in [0.3, 0.4) is 0 Å². The van der Waals surface area contributed by atoms with Crippen LogP contribution in [0.5, 0.6) is 0 Å². The highest BCUT2D eigenvalue weighted by molar-refractivity contribution is 5.04. The summed E-state index contributed by atoms with van der Waals surface area (Å²) in [5.74, 6) is 0.972. The Hall–Kier alpha value is -0.590. The van der Waals surface area contributed by atoms with Crippen LogP contribution in [0.15, 0.2) is 0 Å². The molecule has 20 heavy (non-hydrogen) atoms. The maximum atomic E-state index is 9.40. The first-order chi connectivity index (χ1) is 9.54.